The minimum Gasteiger partial charge on any atom is -0.309 e. The first-order valence-electron chi connectivity index (χ1n) is 6.23. The Bertz CT molecular complexity index is 529. The first-order valence-corrected chi connectivity index (χ1v) is 8.12. The van der Waals surface area contributed by atoms with Crippen LogP contribution in [0.4, 0.5) is 4.39 Å². The van der Waals surface area contributed by atoms with Crippen LogP contribution in [-0.2, 0) is 9.84 Å². The van der Waals surface area contributed by atoms with Gasteiger partial charge in [0.1, 0.15) is 5.82 Å². The minimum absolute atomic E-state index is 0.468. The van der Waals surface area contributed by atoms with Crippen molar-refractivity contribution in [3.63, 3.8) is 0 Å². The van der Waals surface area contributed by atoms with Crippen LogP contribution in [0.1, 0.15) is 38.8 Å². The van der Waals surface area contributed by atoms with Gasteiger partial charge in [0.15, 0.2) is 9.84 Å². The van der Waals surface area contributed by atoms with E-state index in [0.717, 1.165) is 12.6 Å². The largest absolute Gasteiger partial charge is 0.309 e. The molecule has 0 aliphatic rings. The van der Waals surface area contributed by atoms with E-state index in [9.17, 15) is 12.8 Å². The van der Waals surface area contributed by atoms with Crippen LogP contribution in [0.5, 0.6) is 0 Å². The molecule has 1 aromatic rings. The summed E-state index contributed by atoms with van der Waals surface area (Å²) in [5, 5.41) is 3.17. The third-order valence-electron chi connectivity index (χ3n) is 3.31. The molecule has 1 unspecified atom stereocenters. The topological polar surface area (TPSA) is 59.1 Å². The van der Waals surface area contributed by atoms with Crippen molar-refractivity contribution in [3.05, 3.63) is 29.8 Å². The summed E-state index contributed by atoms with van der Waals surface area (Å²) in [6.07, 6.45) is 4.66. The number of sulfone groups is 1. The lowest BCUT2D eigenvalue weighted by Gasteiger charge is -2.33. The highest BCUT2D eigenvalue weighted by Gasteiger charge is 2.39. The Kier molecular flexibility index (Phi) is 5.04. The molecule has 1 aromatic heterocycles. The second kappa shape index (κ2) is 5.96. The van der Waals surface area contributed by atoms with Gasteiger partial charge in [0.25, 0.3) is 0 Å². The van der Waals surface area contributed by atoms with Crippen LogP contribution in [0.25, 0.3) is 0 Å². The van der Waals surface area contributed by atoms with E-state index in [2.05, 4.69) is 10.3 Å². The Morgan fingerprint density at radius 1 is 1.42 bits per heavy atom. The normalized spacial score (nSPS) is 14.4. The molecule has 0 fully saturated rings. The third kappa shape index (κ3) is 3.73. The van der Waals surface area contributed by atoms with Crippen LogP contribution in [0.2, 0.25) is 0 Å². The van der Waals surface area contributed by atoms with Crippen LogP contribution in [0.15, 0.2) is 18.5 Å². The molecule has 19 heavy (non-hydrogen) atoms. The van der Waals surface area contributed by atoms with Gasteiger partial charge in [-0.25, -0.2) is 12.8 Å². The number of pyridine rings is 1. The standard InChI is InChI=1S/C13H21FN2O2S/c1-5-6-16-12(13(2,3)19(4,17)18)10-7-11(14)9-15-8-10/h7-9,12,16H,5-6H2,1-4H3. The molecule has 108 valence electrons. The quantitative estimate of drug-likeness (QED) is 0.870. The molecule has 1 atom stereocenters. The summed E-state index contributed by atoms with van der Waals surface area (Å²) in [4.78, 5) is 3.80. The predicted molar refractivity (Wildman–Crippen MR) is 74.2 cm³/mol. The van der Waals surface area contributed by atoms with Gasteiger partial charge in [-0.2, -0.15) is 0 Å². The van der Waals surface area contributed by atoms with Crippen molar-refractivity contribution < 1.29 is 12.8 Å². The first-order chi connectivity index (χ1) is 8.70. The number of aromatic nitrogens is 1. The number of hydrogen-bond donors (Lipinski definition) is 1. The lowest BCUT2D eigenvalue weighted by molar-refractivity contribution is 0.417. The fourth-order valence-corrected chi connectivity index (χ4v) is 2.50. The number of hydrogen-bond acceptors (Lipinski definition) is 4. The minimum atomic E-state index is -3.31. The van der Waals surface area contributed by atoms with Crippen molar-refractivity contribution in [3.8, 4) is 0 Å². The number of nitrogens with zero attached hydrogens (tertiary/aromatic N) is 1. The Hall–Kier alpha value is -1.01. The van der Waals surface area contributed by atoms with Gasteiger partial charge in [-0.05, 0) is 38.4 Å². The van der Waals surface area contributed by atoms with E-state index in [1.807, 2.05) is 6.92 Å². The molecule has 0 aliphatic heterocycles. The fraction of sp³-hybridized carbons (Fsp3) is 0.615. The molecule has 6 heteroatoms. The van der Waals surface area contributed by atoms with Gasteiger partial charge < -0.3 is 5.32 Å². The fourth-order valence-electron chi connectivity index (χ4n) is 1.85. The van der Waals surface area contributed by atoms with Gasteiger partial charge in [0.05, 0.1) is 17.0 Å². The summed E-state index contributed by atoms with van der Waals surface area (Å²) < 4.78 is 36.2. The molecule has 0 saturated carbocycles. The second-order valence-corrected chi connectivity index (χ2v) is 7.80. The molecule has 1 heterocycles. The molecular weight excluding hydrogens is 267 g/mol. The van der Waals surface area contributed by atoms with E-state index in [0.29, 0.717) is 12.1 Å². The highest BCUT2D eigenvalue weighted by molar-refractivity contribution is 7.92. The Morgan fingerprint density at radius 3 is 2.53 bits per heavy atom. The molecule has 1 rings (SSSR count). The second-order valence-electron chi connectivity index (χ2n) is 5.20. The molecule has 1 N–H and O–H groups in total. The van der Waals surface area contributed by atoms with Crippen molar-refractivity contribution in [2.24, 2.45) is 0 Å². The summed E-state index contributed by atoms with van der Waals surface area (Å²) in [6, 6.07) is 0.832. The van der Waals surface area contributed by atoms with Crippen LogP contribution in [-0.4, -0.2) is 30.9 Å². The van der Waals surface area contributed by atoms with E-state index in [1.54, 1.807) is 13.8 Å². The highest BCUT2D eigenvalue weighted by atomic mass is 32.2. The summed E-state index contributed by atoms with van der Waals surface area (Å²) in [5.41, 5.74) is 0.545. The van der Waals surface area contributed by atoms with Crippen LogP contribution < -0.4 is 5.32 Å². The van der Waals surface area contributed by atoms with Gasteiger partial charge in [-0.15, -0.1) is 0 Å². The average molecular weight is 288 g/mol. The maximum Gasteiger partial charge on any atom is 0.154 e. The number of rotatable bonds is 6. The van der Waals surface area contributed by atoms with Crippen molar-refractivity contribution in [2.45, 2.75) is 38.0 Å². The van der Waals surface area contributed by atoms with Crippen LogP contribution >= 0.6 is 0 Å². The number of nitrogens with one attached hydrogen (secondary N) is 1. The zero-order valence-corrected chi connectivity index (χ0v) is 12.6. The first kappa shape index (κ1) is 16.0. The molecule has 0 bridgehead atoms. The van der Waals surface area contributed by atoms with Gasteiger partial charge >= 0.3 is 0 Å². The maximum absolute atomic E-state index is 13.3. The maximum atomic E-state index is 13.3. The van der Waals surface area contributed by atoms with Crippen molar-refractivity contribution in [2.75, 3.05) is 12.8 Å². The molecular formula is C13H21FN2O2S. The van der Waals surface area contributed by atoms with Crippen molar-refractivity contribution in [1.29, 1.82) is 0 Å². The van der Waals surface area contributed by atoms with Crippen molar-refractivity contribution in [1.82, 2.24) is 10.3 Å². The zero-order chi connectivity index (χ0) is 14.7. The Morgan fingerprint density at radius 2 is 2.05 bits per heavy atom. The lowest BCUT2D eigenvalue weighted by atomic mass is 9.96. The number of halogens is 1. The molecule has 0 radical (unpaired) electrons. The summed E-state index contributed by atoms with van der Waals surface area (Å²) in [5.74, 6) is -0.468. The highest BCUT2D eigenvalue weighted by Crippen LogP contribution is 2.32. The van der Waals surface area contributed by atoms with E-state index in [-0.39, 0.29) is 0 Å². The average Bonchev–Trinajstić information content (AvgIpc) is 2.28. The molecule has 0 saturated heterocycles. The zero-order valence-electron chi connectivity index (χ0n) is 11.8. The summed E-state index contributed by atoms with van der Waals surface area (Å²) in [6.45, 7) is 5.92. The van der Waals surface area contributed by atoms with Gasteiger partial charge in [0, 0.05) is 12.5 Å². The third-order valence-corrected chi connectivity index (χ3v) is 5.46. The molecule has 0 aromatic carbocycles. The molecule has 0 amide bonds. The Balaban J connectivity index is 3.22. The molecule has 0 spiro atoms. The monoisotopic (exact) mass is 288 g/mol. The summed E-state index contributed by atoms with van der Waals surface area (Å²) >= 11 is 0. The van der Waals surface area contributed by atoms with Crippen molar-refractivity contribution >= 4 is 9.84 Å². The predicted octanol–water partition coefficient (Wildman–Crippen LogP) is 2.08. The SMILES string of the molecule is CCCNC(c1cncc(F)c1)C(C)(C)S(C)(=O)=O. The van der Waals surface area contributed by atoms with E-state index >= 15 is 0 Å². The van der Waals surface area contributed by atoms with Gasteiger partial charge in [-0.1, -0.05) is 6.92 Å². The lowest BCUT2D eigenvalue weighted by Crippen LogP contribution is -2.45. The molecule has 0 aliphatic carbocycles. The van der Waals surface area contributed by atoms with Gasteiger partial charge in [-0.3, -0.25) is 4.98 Å². The van der Waals surface area contributed by atoms with Crippen LogP contribution in [0.3, 0.4) is 0 Å². The van der Waals surface area contributed by atoms with E-state index in [4.69, 9.17) is 0 Å². The van der Waals surface area contributed by atoms with E-state index < -0.39 is 26.4 Å². The Labute approximate surface area is 114 Å². The van der Waals surface area contributed by atoms with E-state index in [1.165, 1.54) is 18.5 Å². The summed E-state index contributed by atoms with van der Waals surface area (Å²) in [7, 11) is -3.31. The van der Waals surface area contributed by atoms with Crippen LogP contribution in [0, 0.1) is 5.82 Å². The molecule has 4 nitrogen and oxygen atoms in total. The smallest absolute Gasteiger partial charge is 0.154 e. The van der Waals surface area contributed by atoms with Gasteiger partial charge in [0.2, 0.25) is 0 Å².